The van der Waals surface area contributed by atoms with E-state index in [1.165, 1.54) is 12.4 Å². The molecule has 2 rings (SSSR count). The van der Waals surface area contributed by atoms with Crippen molar-refractivity contribution >= 4 is 15.8 Å². The van der Waals surface area contributed by atoms with Crippen molar-refractivity contribution in [1.29, 1.82) is 5.26 Å². The predicted molar refractivity (Wildman–Crippen MR) is 65.3 cm³/mol. The number of hydrogen-bond donors (Lipinski definition) is 1. The van der Waals surface area contributed by atoms with Gasteiger partial charge in [0.1, 0.15) is 11.9 Å². The Bertz CT molecular complexity index is 563. The zero-order chi connectivity index (χ0) is 13.2. The average molecular weight is 267 g/mol. The molecule has 7 nitrogen and oxygen atoms in total. The highest BCUT2D eigenvalue weighted by atomic mass is 32.2. The van der Waals surface area contributed by atoms with E-state index in [4.69, 9.17) is 5.26 Å². The molecule has 1 atom stereocenters. The van der Waals surface area contributed by atoms with Gasteiger partial charge >= 0.3 is 0 Å². The lowest BCUT2D eigenvalue weighted by atomic mass is 10.3. The molecule has 1 aromatic rings. The topological polar surface area (TPSA) is 99.0 Å². The van der Waals surface area contributed by atoms with Gasteiger partial charge in [0.15, 0.2) is 5.69 Å². The number of rotatable bonds is 3. The quantitative estimate of drug-likeness (QED) is 0.791. The van der Waals surface area contributed by atoms with Crippen LogP contribution in [0.15, 0.2) is 12.4 Å². The summed E-state index contributed by atoms with van der Waals surface area (Å²) in [5, 5.41) is 8.62. The molecule has 0 aliphatic carbocycles. The van der Waals surface area contributed by atoms with Crippen LogP contribution in [-0.4, -0.2) is 43.8 Å². The molecule has 1 unspecified atom stereocenters. The molecule has 1 N–H and O–H groups in total. The number of nitriles is 1. The second-order valence-corrected chi connectivity index (χ2v) is 5.97. The second-order valence-electron chi connectivity index (χ2n) is 4.19. The highest BCUT2D eigenvalue weighted by Crippen LogP contribution is 2.17. The second kappa shape index (κ2) is 4.88. The summed E-state index contributed by atoms with van der Waals surface area (Å²) in [4.78, 5) is 10.0. The van der Waals surface area contributed by atoms with Crippen molar-refractivity contribution in [1.82, 2.24) is 14.7 Å². The smallest absolute Gasteiger partial charge is 0.209 e. The van der Waals surface area contributed by atoms with Crippen LogP contribution in [0.3, 0.4) is 0 Å². The van der Waals surface area contributed by atoms with Crippen molar-refractivity contribution in [3.63, 3.8) is 0 Å². The Morgan fingerprint density at radius 2 is 2.28 bits per heavy atom. The molecule has 2 heterocycles. The minimum Gasteiger partial charge on any atom is -0.354 e. The highest BCUT2D eigenvalue weighted by molar-refractivity contribution is 7.88. The van der Waals surface area contributed by atoms with E-state index in [1.54, 1.807) is 0 Å². The third-order valence-corrected chi connectivity index (χ3v) is 3.41. The molecule has 1 aromatic heterocycles. The summed E-state index contributed by atoms with van der Waals surface area (Å²) in [5.74, 6) is 0.659. The lowest BCUT2D eigenvalue weighted by Crippen LogP contribution is -2.36. The van der Waals surface area contributed by atoms with Crippen LogP contribution in [-0.2, 0) is 10.0 Å². The Balaban J connectivity index is 2.02. The largest absolute Gasteiger partial charge is 0.354 e. The Morgan fingerprint density at radius 3 is 2.83 bits per heavy atom. The lowest BCUT2D eigenvalue weighted by molar-refractivity contribution is 0.567. The number of nitrogens with zero attached hydrogens (tertiary/aromatic N) is 4. The lowest BCUT2D eigenvalue weighted by Gasteiger charge is -2.16. The van der Waals surface area contributed by atoms with Crippen LogP contribution in [0.25, 0.3) is 0 Å². The van der Waals surface area contributed by atoms with E-state index in [0.29, 0.717) is 18.9 Å². The first kappa shape index (κ1) is 12.7. The van der Waals surface area contributed by atoms with Crippen molar-refractivity contribution in [2.75, 3.05) is 24.2 Å². The van der Waals surface area contributed by atoms with Gasteiger partial charge in [0.2, 0.25) is 10.0 Å². The van der Waals surface area contributed by atoms with Gasteiger partial charge in [-0.1, -0.05) is 0 Å². The van der Waals surface area contributed by atoms with E-state index in [-0.39, 0.29) is 11.7 Å². The molecule has 8 heteroatoms. The van der Waals surface area contributed by atoms with Crippen molar-refractivity contribution in [3.8, 4) is 6.07 Å². The maximum atomic E-state index is 11.1. The Hall–Kier alpha value is -1.72. The molecule has 1 aliphatic rings. The molecule has 1 aliphatic heterocycles. The monoisotopic (exact) mass is 267 g/mol. The number of anilines is 1. The van der Waals surface area contributed by atoms with Crippen LogP contribution < -0.4 is 9.62 Å². The van der Waals surface area contributed by atoms with Crippen molar-refractivity contribution in [2.24, 2.45) is 0 Å². The Morgan fingerprint density at radius 1 is 1.50 bits per heavy atom. The van der Waals surface area contributed by atoms with Crippen LogP contribution in [0.4, 0.5) is 5.82 Å². The van der Waals surface area contributed by atoms with Crippen LogP contribution in [0.1, 0.15) is 12.1 Å². The maximum absolute atomic E-state index is 11.1. The fourth-order valence-electron chi connectivity index (χ4n) is 1.91. The van der Waals surface area contributed by atoms with Gasteiger partial charge in [0, 0.05) is 19.1 Å². The standard InChI is InChI=1S/C10H13N5O2S/c1-18(16,17)14-8-2-3-15(7-8)10-6-12-9(4-11)5-13-10/h5-6,8,14H,2-3,7H2,1H3. The molecule has 96 valence electrons. The van der Waals surface area contributed by atoms with E-state index in [1.807, 2.05) is 11.0 Å². The molecule has 0 spiro atoms. The Kier molecular flexibility index (Phi) is 3.45. The zero-order valence-corrected chi connectivity index (χ0v) is 10.7. The van der Waals surface area contributed by atoms with Gasteiger partial charge in [-0.2, -0.15) is 5.26 Å². The van der Waals surface area contributed by atoms with Gasteiger partial charge in [-0.3, -0.25) is 0 Å². The van der Waals surface area contributed by atoms with Crippen LogP contribution in [0, 0.1) is 11.3 Å². The number of hydrogen-bond acceptors (Lipinski definition) is 6. The Labute approximate surface area is 106 Å². The summed E-state index contributed by atoms with van der Waals surface area (Å²) in [7, 11) is -3.18. The first-order valence-corrected chi connectivity index (χ1v) is 7.31. The molecule has 0 amide bonds. The van der Waals surface area contributed by atoms with Crippen molar-refractivity contribution < 1.29 is 8.42 Å². The summed E-state index contributed by atoms with van der Waals surface area (Å²) in [5.41, 5.74) is 0.267. The van der Waals surface area contributed by atoms with Gasteiger partial charge in [0.25, 0.3) is 0 Å². The summed E-state index contributed by atoms with van der Waals surface area (Å²) < 4.78 is 24.8. The first-order chi connectivity index (χ1) is 8.48. The molecular weight excluding hydrogens is 254 g/mol. The minimum atomic E-state index is -3.18. The maximum Gasteiger partial charge on any atom is 0.209 e. The van der Waals surface area contributed by atoms with E-state index >= 15 is 0 Å². The molecule has 0 radical (unpaired) electrons. The highest BCUT2D eigenvalue weighted by Gasteiger charge is 2.25. The first-order valence-electron chi connectivity index (χ1n) is 5.42. The van der Waals surface area contributed by atoms with Gasteiger partial charge in [-0.15, -0.1) is 0 Å². The van der Waals surface area contributed by atoms with Gasteiger partial charge in [-0.05, 0) is 6.42 Å². The molecule has 0 bridgehead atoms. The van der Waals surface area contributed by atoms with Crippen molar-refractivity contribution in [2.45, 2.75) is 12.5 Å². The number of sulfonamides is 1. The van der Waals surface area contributed by atoms with Crippen LogP contribution in [0.2, 0.25) is 0 Å². The fraction of sp³-hybridized carbons (Fsp3) is 0.500. The molecular formula is C10H13N5O2S. The third-order valence-electron chi connectivity index (χ3n) is 2.65. The van der Waals surface area contributed by atoms with Gasteiger partial charge < -0.3 is 4.90 Å². The third kappa shape index (κ3) is 3.15. The van der Waals surface area contributed by atoms with Crippen LogP contribution >= 0.6 is 0 Å². The van der Waals surface area contributed by atoms with Gasteiger partial charge in [0.05, 0.1) is 18.6 Å². The van der Waals surface area contributed by atoms with E-state index in [0.717, 1.165) is 12.7 Å². The summed E-state index contributed by atoms with van der Waals surface area (Å²) in [6, 6.07) is 1.80. The molecule has 1 saturated heterocycles. The van der Waals surface area contributed by atoms with Crippen LogP contribution in [0.5, 0.6) is 0 Å². The average Bonchev–Trinajstić information content (AvgIpc) is 2.75. The number of nitrogens with one attached hydrogen (secondary N) is 1. The molecule has 1 fully saturated rings. The van der Waals surface area contributed by atoms with Crippen molar-refractivity contribution in [3.05, 3.63) is 18.1 Å². The van der Waals surface area contributed by atoms with Gasteiger partial charge in [-0.25, -0.2) is 23.1 Å². The fourth-order valence-corrected chi connectivity index (χ4v) is 2.71. The minimum absolute atomic E-state index is 0.0996. The zero-order valence-electron chi connectivity index (χ0n) is 9.87. The summed E-state index contributed by atoms with van der Waals surface area (Å²) in [6.45, 7) is 1.28. The summed E-state index contributed by atoms with van der Waals surface area (Å²) >= 11 is 0. The number of aromatic nitrogens is 2. The van der Waals surface area contributed by atoms with E-state index in [9.17, 15) is 8.42 Å². The predicted octanol–water partition coefficient (Wildman–Crippen LogP) is -0.524. The van der Waals surface area contributed by atoms with E-state index in [2.05, 4.69) is 14.7 Å². The molecule has 0 aromatic carbocycles. The SMILES string of the molecule is CS(=O)(=O)NC1CCN(c2cnc(C#N)cn2)C1. The molecule has 18 heavy (non-hydrogen) atoms. The summed E-state index contributed by atoms with van der Waals surface area (Å²) in [6.07, 6.45) is 4.82. The van der Waals surface area contributed by atoms with E-state index < -0.39 is 10.0 Å². The normalized spacial score (nSPS) is 19.8. The molecule has 0 saturated carbocycles.